The normalized spacial score (nSPS) is 12.2. The Morgan fingerprint density at radius 1 is 1.11 bits per heavy atom. The number of para-hydroxylation sites is 1. The van der Waals surface area contributed by atoms with Gasteiger partial charge >= 0.3 is 0 Å². The van der Waals surface area contributed by atoms with Gasteiger partial charge in [0, 0.05) is 40.7 Å². The van der Waals surface area contributed by atoms with E-state index >= 15 is 0 Å². The molecule has 35 heavy (non-hydrogen) atoms. The number of ether oxygens (including phenoxy) is 1. The molecule has 0 radical (unpaired) electrons. The topological polar surface area (TPSA) is 75.8 Å². The molecule has 180 valence electrons. The number of hydrogen-bond donors (Lipinski definition) is 2. The first-order chi connectivity index (χ1) is 17.0. The fraction of sp³-hybridized carbons (Fsp3) is 0.214. The summed E-state index contributed by atoms with van der Waals surface area (Å²) in [5.41, 5.74) is 6.44. The maximum Gasteiger partial charge on any atom is 0.240 e. The van der Waals surface area contributed by atoms with Crippen LogP contribution in [0.5, 0.6) is 5.75 Å². The standard InChI is InChI=1S/C28H28ClN3O3/c1-2-35-24-13-9-21(10-14-24)27(33)15-16-28(34)31-30-17-22-19-32(26-6-4-3-5-25(22)26)18-20-7-11-23(29)12-8-20/h3-14,17,19,27,33H,2,15-16,18H2,1H3,(H,31,34)/b30-17-/t27-/m1/s1. The molecule has 0 spiro atoms. The van der Waals surface area contributed by atoms with E-state index in [1.54, 1.807) is 6.21 Å². The number of aliphatic hydroxyl groups is 1. The van der Waals surface area contributed by atoms with Gasteiger partial charge in [-0.25, -0.2) is 5.43 Å². The molecule has 0 bridgehead atoms. The lowest BCUT2D eigenvalue weighted by molar-refractivity contribution is -0.121. The molecule has 4 rings (SSSR count). The Morgan fingerprint density at radius 3 is 2.60 bits per heavy atom. The van der Waals surface area contributed by atoms with Gasteiger partial charge in [-0.15, -0.1) is 0 Å². The summed E-state index contributed by atoms with van der Waals surface area (Å²) in [7, 11) is 0. The number of nitrogens with one attached hydrogen (secondary N) is 1. The number of amides is 1. The zero-order chi connectivity index (χ0) is 24.6. The number of nitrogens with zero attached hydrogens (tertiary/aromatic N) is 2. The molecule has 0 aliphatic carbocycles. The summed E-state index contributed by atoms with van der Waals surface area (Å²) < 4.78 is 7.56. The average molecular weight is 490 g/mol. The highest BCUT2D eigenvalue weighted by Crippen LogP contribution is 2.23. The lowest BCUT2D eigenvalue weighted by Crippen LogP contribution is -2.18. The molecule has 2 N–H and O–H groups in total. The predicted molar refractivity (Wildman–Crippen MR) is 140 cm³/mol. The molecule has 6 nitrogen and oxygen atoms in total. The van der Waals surface area contributed by atoms with Crippen molar-refractivity contribution in [1.29, 1.82) is 0 Å². The van der Waals surface area contributed by atoms with E-state index in [1.165, 1.54) is 0 Å². The van der Waals surface area contributed by atoms with Gasteiger partial charge in [0.2, 0.25) is 5.91 Å². The number of rotatable bonds is 10. The molecule has 1 amide bonds. The SMILES string of the molecule is CCOc1ccc([C@H](O)CCC(=O)N/N=C\c2cn(Cc3ccc(Cl)cc3)c3ccccc23)cc1. The first kappa shape index (κ1) is 24.5. The number of carbonyl (C=O) groups excluding carboxylic acids is 1. The molecule has 4 aromatic rings. The summed E-state index contributed by atoms with van der Waals surface area (Å²) in [6, 6.07) is 23.1. The molecule has 0 fully saturated rings. The van der Waals surface area contributed by atoms with Crippen molar-refractivity contribution in [1.82, 2.24) is 9.99 Å². The third-order valence-corrected chi connectivity index (χ3v) is 5.95. The van der Waals surface area contributed by atoms with Crippen LogP contribution in [0, 0.1) is 0 Å². The van der Waals surface area contributed by atoms with E-state index in [0.29, 0.717) is 24.6 Å². The number of aromatic nitrogens is 1. The monoisotopic (exact) mass is 489 g/mol. The minimum atomic E-state index is -0.730. The summed E-state index contributed by atoms with van der Waals surface area (Å²) >= 11 is 6.01. The van der Waals surface area contributed by atoms with E-state index in [4.69, 9.17) is 16.3 Å². The second kappa shape index (κ2) is 11.7. The van der Waals surface area contributed by atoms with Crippen LogP contribution in [-0.4, -0.2) is 28.4 Å². The van der Waals surface area contributed by atoms with Crippen molar-refractivity contribution in [2.24, 2.45) is 5.10 Å². The molecule has 1 aromatic heterocycles. The minimum absolute atomic E-state index is 0.157. The van der Waals surface area contributed by atoms with Gasteiger partial charge in [-0.2, -0.15) is 5.10 Å². The number of hydrazone groups is 1. The lowest BCUT2D eigenvalue weighted by atomic mass is 10.0. The first-order valence-corrected chi connectivity index (χ1v) is 12.0. The number of aliphatic hydroxyl groups excluding tert-OH is 1. The number of carbonyl (C=O) groups is 1. The van der Waals surface area contributed by atoms with E-state index in [2.05, 4.69) is 21.2 Å². The molecule has 0 aliphatic rings. The van der Waals surface area contributed by atoms with Gasteiger partial charge in [-0.3, -0.25) is 4.79 Å². The molecule has 0 unspecified atom stereocenters. The smallest absolute Gasteiger partial charge is 0.240 e. The van der Waals surface area contributed by atoms with Crippen LogP contribution in [-0.2, 0) is 11.3 Å². The van der Waals surface area contributed by atoms with Crippen molar-refractivity contribution in [2.75, 3.05) is 6.61 Å². The minimum Gasteiger partial charge on any atom is -0.494 e. The number of fused-ring (bicyclic) bond motifs is 1. The summed E-state index contributed by atoms with van der Waals surface area (Å²) in [6.45, 7) is 3.20. The van der Waals surface area contributed by atoms with E-state index in [1.807, 2.05) is 79.9 Å². The fourth-order valence-corrected chi connectivity index (χ4v) is 4.04. The summed E-state index contributed by atoms with van der Waals surface area (Å²) in [5.74, 6) is 0.501. The van der Waals surface area contributed by atoms with Gasteiger partial charge in [-0.05, 0) is 54.8 Å². The molecule has 0 saturated carbocycles. The van der Waals surface area contributed by atoms with Crippen LogP contribution in [0.15, 0.2) is 84.1 Å². The van der Waals surface area contributed by atoms with E-state index in [9.17, 15) is 9.90 Å². The molecule has 1 heterocycles. The Kier molecular flexibility index (Phi) is 8.19. The summed E-state index contributed by atoms with van der Waals surface area (Å²) in [5, 5.41) is 16.3. The third-order valence-electron chi connectivity index (χ3n) is 5.70. The third kappa shape index (κ3) is 6.50. The Hall–Kier alpha value is -3.61. The fourth-order valence-electron chi connectivity index (χ4n) is 3.91. The van der Waals surface area contributed by atoms with Crippen LogP contribution in [0.1, 0.15) is 42.6 Å². The Bertz CT molecular complexity index is 1300. The summed E-state index contributed by atoms with van der Waals surface area (Å²) in [6.07, 6.45) is 3.40. The van der Waals surface area contributed by atoms with Crippen molar-refractivity contribution >= 4 is 34.6 Å². The van der Waals surface area contributed by atoms with Crippen molar-refractivity contribution in [2.45, 2.75) is 32.4 Å². The predicted octanol–water partition coefficient (Wildman–Crippen LogP) is 5.71. The number of hydrogen-bond acceptors (Lipinski definition) is 4. The van der Waals surface area contributed by atoms with Crippen LogP contribution in [0.25, 0.3) is 10.9 Å². The van der Waals surface area contributed by atoms with Gasteiger partial charge in [0.15, 0.2) is 0 Å². The van der Waals surface area contributed by atoms with Crippen LogP contribution < -0.4 is 10.2 Å². The van der Waals surface area contributed by atoms with E-state index < -0.39 is 6.10 Å². The van der Waals surface area contributed by atoms with Gasteiger partial charge in [0.25, 0.3) is 0 Å². The zero-order valence-electron chi connectivity index (χ0n) is 19.5. The Labute approximate surface area is 209 Å². The van der Waals surface area contributed by atoms with Crippen molar-refractivity contribution < 1.29 is 14.6 Å². The van der Waals surface area contributed by atoms with Gasteiger partial charge in [0.05, 0.1) is 18.9 Å². The Balaban J connectivity index is 1.35. The number of benzene rings is 3. The van der Waals surface area contributed by atoms with Crippen LogP contribution in [0.4, 0.5) is 0 Å². The van der Waals surface area contributed by atoms with Crippen LogP contribution >= 0.6 is 11.6 Å². The average Bonchev–Trinajstić information content (AvgIpc) is 3.22. The number of halogens is 1. The molecular formula is C28H28ClN3O3. The van der Waals surface area contributed by atoms with Gasteiger partial charge < -0.3 is 14.4 Å². The van der Waals surface area contributed by atoms with Crippen molar-refractivity contribution in [3.05, 3.63) is 101 Å². The second-order valence-electron chi connectivity index (χ2n) is 8.21. The molecule has 0 aliphatic heterocycles. The molecule has 1 atom stereocenters. The zero-order valence-corrected chi connectivity index (χ0v) is 20.3. The van der Waals surface area contributed by atoms with Gasteiger partial charge in [-0.1, -0.05) is 54.1 Å². The molecule has 7 heteroatoms. The van der Waals surface area contributed by atoms with E-state index in [-0.39, 0.29) is 12.3 Å². The summed E-state index contributed by atoms with van der Waals surface area (Å²) in [4.78, 5) is 12.3. The van der Waals surface area contributed by atoms with E-state index in [0.717, 1.165) is 33.3 Å². The Morgan fingerprint density at radius 2 is 1.86 bits per heavy atom. The second-order valence-corrected chi connectivity index (χ2v) is 8.64. The quantitative estimate of drug-likeness (QED) is 0.221. The lowest BCUT2D eigenvalue weighted by Gasteiger charge is -2.11. The maximum atomic E-state index is 12.3. The van der Waals surface area contributed by atoms with Crippen LogP contribution in [0.2, 0.25) is 5.02 Å². The van der Waals surface area contributed by atoms with Crippen molar-refractivity contribution in [3.63, 3.8) is 0 Å². The largest absolute Gasteiger partial charge is 0.494 e. The first-order valence-electron chi connectivity index (χ1n) is 11.6. The molecule has 0 saturated heterocycles. The van der Waals surface area contributed by atoms with Crippen LogP contribution in [0.3, 0.4) is 0 Å². The van der Waals surface area contributed by atoms with Crippen molar-refractivity contribution in [3.8, 4) is 5.75 Å². The highest BCUT2D eigenvalue weighted by molar-refractivity contribution is 6.30. The van der Waals surface area contributed by atoms with Gasteiger partial charge in [0.1, 0.15) is 5.75 Å². The highest BCUT2D eigenvalue weighted by atomic mass is 35.5. The highest BCUT2D eigenvalue weighted by Gasteiger charge is 2.11. The molecule has 3 aromatic carbocycles. The molecular weight excluding hydrogens is 462 g/mol. The maximum absolute atomic E-state index is 12.3.